The Balaban J connectivity index is 2.07. The Labute approximate surface area is 125 Å². The molecule has 7 heteroatoms. The molecule has 1 aromatic carbocycles. The second-order valence-electron chi connectivity index (χ2n) is 5.14. The number of aromatic amines is 1. The number of nitriles is 1. The monoisotopic (exact) mass is 296 g/mol. The highest BCUT2D eigenvalue weighted by molar-refractivity contribution is 5.99. The van der Waals surface area contributed by atoms with Gasteiger partial charge in [0.25, 0.3) is 5.56 Å². The third kappa shape index (κ3) is 2.67. The van der Waals surface area contributed by atoms with Gasteiger partial charge < -0.3 is 14.5 Å². The highest BCUT2D eigenvalue weighted by atomic mass is 16.5. The summed E-state index contributed by atoms with van der Waals surface area (Å²) in [6, 6.07) is 8.25. The fourth-order valence-electron chi connectivity index (χ4n) is 2.04. The molecule has 22 heavy (non-hydrogen) atoms. The molecule has 3 rings (SSSR count). The van der Waals surface area contributed by atoms with E-state index < -0.39 is 5.72 Å². The zero-order valence-electron chi connectivity index (χ0n) is 12.0. The molecule has 0 aliphatic carbocycles. The number of ether oxygens (including phenoxy) is 2. The average molecular weight is 296 g/mol. The molecule has 1 aromatic heterocycles. The van der Waals surface area contributed by atoms with Gasteiger partial charge in [-0.3, -0.25) is 4.79 Å². The molecule has 0 saturated carbocycles. The Morgan fingerprint density at radius 3 is 2.91 bits per heavy atom. The third-order valence-corrected chi connectivity index (χ3v) is 2.92. The van der Waals surface area contributed by atoms with Crippen molar-refractivity contribution in [3.05, 3.63) is 52.1 Å². The minimum atomic E-state index is -0.822. The SMILES string of the molecule is CC1(C)N=C(Oc2cc(=O)[nH]cn2)c2cc(C#N)ccc2O1. The normalized spacial score (nSPS) is 15.0. The van der Waals surface area contributed by atoms with E-state index in [2.05, 4.69) is 21.0 Å². The molecule has 0 unspecified atom stereocenters. The average Bonchev–Trinajstić information content (AvgIpc) is 2.46. The van der Waals surface area contributed by atoms with Gasteiger partial charge in [-0.2, -0.15) is 5.26 Å². The molecule has 0 saturated heterocycles. The van der Waals surface area contributed by atoms with Crippen LogP contribution in [0.25, 0.3) is 0 Å². The lowest BCUT2D eigenvalue weighted by molar-refractivity contribution is 0.112. The molecule has 0 spiro atoms. The van der Waals surface area contributed by atoms with Gasteiger partial charge in [-0.25, -0.2) is 9.98 Å². The Hall–Kier alpha value is -3.14. The first-order valence-corrected chi connectivity index (χ1v) is 6.53. The number of fused-ring (bicyclic) bond motifs is 1. The van der Waals surface area contributed by atoms with Gasteiger partial charge in [0.1, 0.15) is 5.75 Å². The second-order valence-corrected chi connectivity index (χ2v) is 5.14. The van der Waals surface area contributed by atoms with Crippen LogP contribution in [0.2, 0.25) is 0 Å². The van der Waals surface area contributed by atoms with Crippen LogP contribution in [-0.4, -0.2) is 21.6 Å². The summed E-state index contributed by atoms with van der Waals surface area (Å²) in [5.41, 5.74) is -0.155. The topological polar surface area (TPSA) is 100 Å². The van der Waals surface area contributed by atoms with Crippen molar-refractivity contribution in [2.24, 2.45) is 4.99 Å². The van der Waals surface area contributed by atoms with Gasteiger partial charge in [-0.1, -0.05) is 0 Å². The Kier molecular flexibility index (Phi) is 3.14. The minimum Gasteiger partial charge on any atom is -0.466 e. The van der Waals surface area contributed by atoms with Crippen LogP contribution in [0.4, 0.5) is 0 Å². The Bertz CT molecular complexity index is 862. The fraction of sp³-hybridized carbons (Fsp3) is 0.200. The van der Waals surface area contributed by atoms with Crippen molar-refractivity contribution < 1.29 is 9.47 Å². The lowest BCUT2D eigenvalue weighted by atomic mass is 10.1. The molecule has 0 amide bonds. The second kappa shape index (κ2) is 5.00. The molecule has 2 heterocycles. The largest absolute Gasteiger partial charge is 0.466 e. The predicted octanol–water partition coefficient (Wildman–Crippen LogP) is 1.60. The summed E-state index contributed by atoms with van der Waals surface area (Å²) in [6.07, 6.45) is 1.25. The van der Waals surface area contributed by atoms with Gasteiger partial charge in [0.15, 0.2) is 5.72 Å². The minimum absolute atomic E-state index is 0.119. The quantitative estimate of drug-likeness (QED) is 0.861. The molecular weight excluding hydrogens is 284 g/mol. The van der Waals surface area contributed by atoms with Crippen molar-refractivity contribution in [1.82, 2.24) is 9.97 Å². The molecule has 2 aromatic rings. The van der Waals surface area contributed by atoms with Crippen molar-refractivity contribution in [3.63, 3.8) is 0 Å². The van der Waals surface area contributed by atoms with Gasteiger partial charge in [-0.15, -0.1) is 0 Å². The van der Waals surface area contributed by atoms with Gasteiger partial charge in [0.2, 0.25) is 11.8 Å². The van der Waals surface area contributed by atoms with Crippen molar-refractivity contribution in [2.45, 2.75) is 19.6 Å². The van der Waals surface area contributed by atoms with E-state index in [0.29, 0.717) is 16.9 Å². The first kappa shape index (κ1) is 13.8. The summed E-state index contributed by atoms with van der Waals surface area (Å²) in [7, 11) is 0. The Morgan fingerprint density at radius 1 is 1.36 bits per heavy atom. The third-order valence-electron chi connectivity index (χ3n) is 2.92. The maximum absolute atomic E-state index is 11.3. The zero-order chi connectivity index (χ0) is 15.7. The summed E-state index contributed by atoms with van der Waals surface area (Å²) in [4.78, 5) is 22.0. The molecule has 110 valence electrons. The number of H-pyrrole nitrogens is 1. The molecule has 0 radical (unpaired) electrons. The molecule has 1 aliphatic heterocycles. The number of aliphatic imine (C=N–C) groups is 1. The summed E-state index contributed by atoms with van der Waals surface area (Å²) < 4.78 is 11.4. The number of benzene rings is 1. The van der Waals surface area contributed by atoms with E-state index in [1.54, 1.807) is 32.0 Å². The van der Waals surface area contributed by atoms with E-state index >= 15 is 0 Å². The van der Waals surface area contributed by atoms with E-state index in [1.165, 1.54) is 12.4 Å². The molecule has 1 aliphatic rings. The van der Waals surface area contributed by atoms with Crippen molar-refractivity contribution in [3.8, 4) is 17.7 Å². The maximum Gasteiger partial charge on any atom is 0.254 e. The van der Waals surface area contributed by atoms with Crippen LogP contribution in [-0.2, 0) is 0 Å². The van der Waals surface area contributed by atoms with Crippen LogP contribution in [0.15, 0.2) is 40.4 Å². The number of rotatable bonds is 1. The van der Waals surface area contributed by atoms with E-state index in [9.17, 15) is 4.79 Å². The van der Waals surface area contributed by atoms with Crippen LogP contribution >= 0.6 is 0 Å². The van der Waals surface area contributed by atoms with E-state index in [4.69, 9.17) is 14.7 Å². The smallest absolute Gasteiger partial charge is 0.254 e. The number of hydrogen-bond acceptors (Lipinski definition) is 6. The number of aromatic nitrogens is 2. The lowest BCUT2D eigenvalue weighted by Crippen LogP contribution is -2.34. The van der Waals surface area contributed by atoms with E-state index in [-0.39, 0.29) is 17.3 Å². The molecule has 0 bridgehead atoms. The van der Waals surface area contributed by atoms with Gasteiger partial charge >= 0.3 is 0 Å². The summed E-state index contributed by atoms with van der Waals surface area (Å²) in [5.74, 6) is 0.925. The van der Waals surface area contributed by atoms with E-state index in [0.717, 1.165) is 0 Å². The fourth-order valence-corrected chi connectivity index (χ4v) is 2.04. The predicted molar refractivity (Wildman–Crippen MR) is 77.9 cm³/mol. The highest BCUT2D eigenvalue weighted by Crippen LogP contribution is 2.31. The zero-order valence-corrected chi connectivity index (χ0v) is 12.0. The van der Waals surface area contributed by atoms with Gasteiger partial charge in [0.05, 0.1) is 29.6 Å². The number of hydrogen-bond donors (Lipinski definition) is 1. The van der Waals surface area contributed by atoms with Crippen LogP contribution in [0.5, 0.6) is 11.6 Å². The molecule has 0 atom stereocenters. The summed E-state index contributed by atoms with van der Waals surface area (Å²) in [5, 5.41) is 9.02. The van der Waals surface area contributed by atoms with Crippen molar-refractivity contribution in [1.29, 1.82) is 5.26 Å². The molecular formula is C15H12N4O3. The van der Waals surface area contributed by atoms with Gasteiger partial charge in [0, 0.05) is 0 Å². The summed E-state index contributed by atoms with van der Waals surface area (Å²) in [6.45, 7) is 3.56. The molecule has 1 N–H and O–H groups in total. The van der Waals surface area contributed by atoms with Crippen molar-refractivity contribution in [2.75, 3.05) is 0 Å². The van der Waals surface area contributed by atoms with E-state index in [1.807, 2.05) is 0 Å². The van der Waals surface area contributed by atoms with Crippen molar-refractivity contribution >= 4 is 5.90 Å². The standard InChI is InChI=1S/C15H12N4O3/c1-15(2)19-14(21-13-6-12(20)17-8-18-13)10-5-9(7-16)3-4-11(10)22-15/h3-6,8H,1-2H3,(H,17,18,20). The summed E-state index contributed by atoms with van der Waals surface area (Å²) >= 11 is 0. The number of nitrogens with zero attached hydrogens (tertiary/aromatic N) is 3. The maximum atomic E-state index is 11.3. The first-order chi connectivity index (χ1) is 10.5. The van der Waals surface area contributed by atoms with Crippen LogP contribution in [0.3, 0.4) is 0 Å². The first-order valence-electron chi connectivity index (χ1n) is 6.53. The highest BCUT2D eigenvalue weighted by Gasteiger charge is 2.30. The lowest BCUT2D eigenvalue weighted by Gasteiger charge is -2.29. The molecule has 0 fully saturated rings. The Morgan fingerprint density at radius 2 is 2.18 bits per heavy atom. The van der Waals surface area contributed by atoms with Crippen LogP contribution in [0, 0.1) is 11.3 Å². The molecule has 7 nitrogen and oxygen atoms in total. The number of nitrogens with one attached hydrogen (secondary N) is 1. The van der Waals surface area contributed by atoms with Crippen LogP contribution < -0.4 is 15.0 Å². The van der Waals surface area contributed by atoms with Gasteiger partial charge in [-0.05, 0) is 32.0 Å². The van der Waals surface area contributed by atoms with Crippen LogP contribution in [0.1, 0.15) is 25.0 Å².